The van der Waals surface area contributed by atoms with Gasteiger partial charge < -0.3 is 0 Å². The van der Waals surface area contributed by atoms with E-state index in [0.717, 1.165) is 6.92 Å². The fourth-order valence-corrected chi connectivity index (χ4v) is 2.00. The van der Waals surface area contributed by atoms with Gasteiger partial charge in [-0.2, -0.15) is 13.1 Å². The molecule has 0 fully saturated rings. The fraction of sp³-hybridized carbons (Fsp3) is 1.00. The van der Waals surface area contributed by atoms with E-state index in [1.807, 2.05) is 0 Å². The molecule has 0 saturated heterocycles. The Balaban J connectivity index is 4.52. The number of rotatable bonds is 4. The van der Waals surface area contributed by atoms with Crippen molar-refractivity contribution in [3.63, 3.8) is 0 Å². The van der Waals surface area contributed by atoms with Gasteiger partial charge in [-0.1, -0.05) is 0 Å². The Morgan fingerprint density at radius 2 is 1.75 bits per heavy atom. The van der Waals surface area contributed by atoms with Crippen molar-refractivity contribution in [3.05, 3.63) is 0 Å². The van der Waals surface area contributed by atoms with E-state index in [4.69, 9.17) is 4.55 Å². The van der Waals surface area contributed by atoms with Crippen LogP contribution in [0.25, 0.3) is 0 Å². The molecular formula is C4H11NO5S2. The third-order valence-electron chi connectivity index (χ3n) is 1.17. The van der Waals surface area contributed by atoms with Crippen molar-refractivity contribution in [3.8, 4) is 0 Å². The molecule has 0 radical (unpaired) electrons. The Hall–Kier alpha value is -0.180. The van der Waals surface area contributed by atoms with Crippen LogP contribution in [0.5, 0.6) is 0 Å². The Morgan fingerprint density at radius 1 is 1.33 bits per heavy atom. The highest BCUT2D eigenvalue weighted by molar-refractivity contribution is 7.91. The van der Waals surface area contributed by atoms with Crippen LogP contribution >= 0.6 is 0 Å². The van der Waals surface area contributed by atoms with E-state index in [1.165, 1.54) is 6.92 Å². The van der Waals surface area contributed by atoms with Gasteiger partial charge in [-0.3, -0.25) is 4.55 Å². The van der Waals surface area contributed by atoms with E-state index in [-0.39, 0.29) is 5.75 Å². The van der Waals surface area contributed by atoms with Crippen molar-refractivity contribution < 1.29 is 21.4 Å². The Kier molecular flexibility index (Phi) is 3.63. The molecule has 0 rings (SSSR count). The minimum absolute atomic E-state index is 0.229. The SMILES string of the molecule is CCS(=O)(=O)NC(C)S(=O)(=O)O. The maximum atomic E-state index is 10.8. The van der Waals surface area contributed by atoms with Crippen LogP contribution < -0.4 is 4.72 Å². The molecular weight excluding hydrogens is 206 g/mol. The third kappa shape index (κ3) is 4.00. The van der Waals surface area contributed by atoms with E-state index in [1.54, 1.807) is 4.72 Å². The van der Waals surface area contributed by atoms with Crippen LogP contribution in [-0.2, 0) is 20.1 Å². The maximum Gasteiger partial charge on any atom is 0.281 e. The van der Waals surface area contributed by atoms with E-state index in [0.29, 0.717) is 0 Å². The highest BCUT2D eigenvalue weighted by Gasteiger charge is 2.21. The molecule has 2 N–H and O–H groups in total. The summed E-state index contributed by atoms with van der Waals surface area (Å²) in [6, 6.07) is 0. The highest BCUT2D eigenvalue weighted by atomic mass is 32.2. The summed E-state index contributed by atoms with van der Waals surface area (Å²) in [6.45, 7) is 2.40. The minimum Gasteiger partial charge on any atom is -0.284 e. The van der Waals surface area contributed by atoms with E-state index in [9.17, 15) is 16.8 Å². The molecule has 12 heavy (non-hydrogen) atoms. The van der Waals surface area contributed by atoms with Gasteiger partial charge in [-0.25, -0.2) is 8.42 Å². The zero-order chi connectivity index (χ0) is 9.99. The van der Waals surface area contributed by atoms with Gasteiger partial charge in [0.1, 0.15) is 5.37 Å². The zero-order valence-electron chi connectivity index (χ0n) is 6.68. The third-order valence-corrected chi connectivity index (χ3v) is 3.81. The van der Waals surface area contributed by atoms with Crippen molar-refractivity contribution in [2.45, 2.75) is 19.2 Å². The summed E-state index contributed by atoms with van der Waals surface area (Å²) in [7, 11) is -7.93. The van der Waals surface area contributed by atoms with Crippen LogP contribution in [-0.4, -0.2) is 32.5 Å². The van der Waals surface area contributed by atoms with Gasteiger partial charge in [0.05, 0.1) is 5.75 Å². The highest BCUT2D eigenvalue weighted by Crippen LogP contribution is 1.95. The van der Waals surface area contributed by atoms with Crippen molar-refractivity contribution >= 4 is 20.1 Å². The normalized spacial score (nSPS) is 15.9. The summed E-state index contributed by atoms with van der Waals surface area (Å²) < 4.78 is 52.4. The standard InChI is InChI=1S/C4H11NO5S2/c1-3-11(6,7)5-4(2)12(8,9)10/h4-5H,3H2,1-2H3,(H,8,9,10). The second-order valence-electron chi connectivity index (χ2n) is 2.18. The molecule has 0 aliphatic heterocycles. The first-order valence-corrected chi connectivity index (χ1v) is 6.31. The number of hydrogen-bond donors (Lipinski definition) is 2. The molecule has 0 aromatic carbocycles. The fourth-order valence-electron chi connectivity index (χ4n) is 0.397. The van der Waals surface area contributed by atoms with Crippen LogP contribution in [0.3, 0.4) is 0 Å². The second kappa shape index (κ2) is 3.69. The van der Waals surface area contributed by atoms with Crippen molar-refractivity contribution in [2.75, 3.05) is 5.75 Å². The zero-order valence-corrected chi connectivity index (χ0v) is 8.31. The van der Waals surface area contributed by atoms with Crippen molar-refractivity contribution in [1.82, 2.24) is 4.72 Å². The number of sulfonamides is 1. The van der Waals surface area contributed by atoms with Crippen molar-refractivity contribution in [2.24, 2.45) is 0 Å². The lowest BCUT2D eigenvalue weighted by molar-refractivity contribution is 0.465. The summed E-state index contributed by atoms with van der Waals surface area (Å²) >= 11 is 0. The van der Waals surface area contributed by atoms with Crippen molar-refractivity contribution in [1.29, 1.82) is 0 Å². The van der Waals surface area contributed by atoms with Crippen LogP contribution in [0.1, 0.15) is 13.8 Å². The van der Waals surface area contributed by atoms with Gasteiger partial charge in [0.25, 0.3) is 10.1 Å². The minimum atomic E-state index is -4.34. The number of nitrogens with one attached hydrogen (secondary N) is 1. The lowest BCUT2D eigenvalue weighted by atomic mass is 10.8. The van der Waals surface area contributed by atoms with Crippen LogP contribution in [0.2, 0.25) is 0 Å². The maximum absolute atomic E-state index is 10.8. The Labute approximate surface area is 71.8 Å². The molecule has 0 aromatic heterocycles. The van der Waals surface area contributed by atoms with Gasteiger partial charge in [0, 0.05) is 0 Å². The molecule has 0 aliphatic rings. The molecule has 1 atom stereocenters. The van der Waals surface area contributed by atoms with E-state index < -0.39 is 25.5 Å². The summed E-state index contributed by atoms with van der Waals surface area (Å²) in [5.74, 6) is -0.229. The molecule has 0 aliphatic carbocycles. The topological polar surface area (TPSA) is 101 Å². The largest absolute Gasteiger partial charge is 0.284 e. The summed E-state index contributed by atoms with van der Waals surface area (Å²) in [5.41, 5.74) is 0. The summed E-state index contributed by atoms with van der Waals surface area (Å²) in [6.07, 6.45) is 0. The van der Waals surface area contributed by atoms with E-state index >= 15 is 0 Å². The summed E-state index contributed by atoms with van der Waals surface area (Å²) in [4.78, 5) is 0. The first-order chi connectivity index (χ1) is 5.19. The molecule has 0 saturated carbocycles. The molecule has 0 spiro atoms. The van der Waals surface area contributed by atoms with Crippen LogP contribution in [0.15, 0.2) is 0 Å². The predicted octanol–water partition coefficient (Wildman–Crippen LogP) is -0.840. The quantitative estimate of drug-likeness (QED) is 0.598. The Morgan fingerprint density at radius 3 is 2.00 bits per heavy atom. The van der Waals surface area contributed by atoms with Gasteiger partial charge in [0.2, 0.25) is 10.0 Å². The predicted molar refractivity (Wildman–Crippen MR) is 43.6 cm³/mol. The average Bonchev–Trinajstić information content (AvgIpc) is 1.85. The van der Waals surface area contributed by atoms with Gasteiger partial charge in [0.15, 0.2) is 0 Å². The van der Waals surface area contributed by atoms with Crippen LogP contribution in [0.4, 0.5) is 0 Å². The smallest absolute Gasteiger partial charge is 0.281 e. The first-order valence-electron chi connectivity index (χ1n) is 3.15. The van der Waals surface area contributed by atoms with Gasteiger partial charge in [-0.15, -0.1) is 0 Å². The first kappa shape index (κ1) is 11.8. The molecule has 0 aromatic rings. The number of hydrogen-bond acceptors (Lipinski definition) is 4. The molecule has 74 valence electrons. The lowest BCUT2D eigenvalue weighted by Crippen LogP contribution is -2.38. The second-order valence-corrected chi connectivity index (χ2v) is 5.96. The molecule has 6 nitrogen and oxygen atoms in total. The van der Waals surface area contributed by atoms with Crippen LogP contribution in [0, 0.1) is 0 Å². The molecule has 0 amide bonds. The molecule has 8 heteroatoms. The van der Waals surface area contributed by atoms with Gasteiger partial charge >= 0.3 is 0 Å². The van der Waals surface area contributed by atoms with Gasteiger partial charge in [-0.05, 0) is 13.8 Å². The Bertz CT molecular complexity index is 328. The molecule has 0 heterocycles. The lowest BCUT2D eigenvalue weighted by Gasteiger charge is -2.09. The monoisotopic (exact) mass is 217 g/mol. The molecule has 0 bridgehead atoms. The molecule has 1 unspecified atom stereocenters. The summed E-state index contributed by atoms with van der Waals surface area (Å²) in [5, 5.41) is -1.50. The van der Waals surface area contributed by atoms with E-state index in [2.05, 4.69) is 0 Å². The average molecular weight is 217 g/mol.